The highest BCUT2D eigenvalue weighted by molar-refractivity contribution is 5.93. The van der Waals surface area contributed by atoms with Gasteiger partial charge < -0.3 is 14.8 Å². The fourth-order valence-electron chi connectivity index (χ4n) is 4.20. The molecule has 1 amide bonds. The number of nitrogens with one attached hydrogen (secondary N) is 1. The molecule has 156 valence electrons. The highest BCUT2D eigenvalue weighted by Crippen LogP contribution is 2.26. The molecule has 0 radical (unpaired) electrons. The van der Waals surface area contributed by atoms with E-state index < -0.39 is 0 Å². The second-order valence-electron chi connectivity index (χ2n) is 7.90. The van der Waals surface area contributed by atoms with Gasteiger partial charge in [-0.3, -0.25) is 9.78 Å². The Kier molecular flexibility index (Phi) is 5.08. The molecule has 1 atom stereocenters. The summed E-state index contributed by atoms with van der Waals surface area (Å²) in [6.45, 7) is 1.55. The lowest BCUT2D eigenvalue weighted by molar-refractivity contribution is -0.120. The minimum atomic E-state index is -0.0738. The van der Waals surface area contributed by atoms with E-state index >= 15 is 0 Å². The number of carbonyl (C=O) groups excluding carboxylic acids is 1. The molecule has 7 nitrogen and oxygen atoms in total. The Hall–Kier alpha value is -3.74. The number of nitrogens with zero attached hydrogens (tertiary/aromatic N) is 5. The Morgan fingerprint density at radius 1 is 1.10 bits per heavy atom. The number of piperidine rings is 1. The lowest BCUT2D eigenvalue weighted by Gasteiger charge is -2.32. The number of carbonyl (C=O) groups is 1. The van der Waals surface area contributed by atoms with Crippen molar-refractivity contribution in [3.8, 4) is 11.4 Å². The van der Waals surface area contributed by atoms with Crippen LogP contribution in [-0.4, -0.2) is 38.5 Å². The smallest absolute Gasteiger partial charge is 0.229 e. The zero-order valence-corrected chi connectivity index (χ0v) is 17.4. The SMILES string of the molecule is Cn1c(-c2ccc(NC(=O)C3CCCN(c4cnccn4)C3)cc2)nc2ccccc21. The fraction of sp³-hybridized carbons (Fsp3) is 0.250. The van der Waals surface area contributed by atoms with Crippen LogP contribution in [0.15, 0.2) is 67.1 Å². The third kappa shape index (κ3) is 3.86. The third-order valence-electron chi connectivity index (χ3n) is 5.86. The van der Waals surface area contributed by atoms with Crippen molar-refractivity contribution < 1.29 is 4.79 Å². The first-order valence-corrected chi connectivity index (χ1v) is 10.5. The topological polar surface area (TPSA) is 75.9 Å². The van der Waals surface area contributed by atoms with E-state index in [1.54, 1.807) is 18.6 Å². The van der Waals surface area contributed by atoms with Gasteiger partial charge in [-0.1, -0.05) is 12.1 Å². The van der Waals surface area contributed by atoms with E-state index in [0.29, 0.717) is 6.54 Å². The second-order valence-corrected chi connectivity index (χ2v) is 7.90. The number of aryl methyl sites for hydroxylation is 1. The summed E-state index contributed by atoms with van der Waals surface area (Å²) in [7, 11) is 2.02. The van der Waals surface area contributed by atoms with E-state index in [2.05, 4.69) is 30.8 Å². The van der Waals surface area contributed by atoms with Crippen molar-refractivity contribution in [2.24, 2.45) is 13.0 Å². The highest BCUT2D eigenvalue weighted by Gasteiger charge is 2.26. The maximum atomic E-state index is 12.9. The molecular weight excluding hydrogens is 388 g/mol. The number of anilines is 2. The lowest BCUT2D eigenvalue weighted by atomic mass is 9.97. The van der Waals surface area contributed by atoms with Gasteiger partial charge in [0, 0.05) is 43.8 Å². The molecule has 2 aromatic heterocycles. The van der Waals surface area contributed by atoms with E-state index in [-0.39, 0.29) is 11.8 Å². The zero-order valence-electron chi connectivity index (χ0n) is 17.4. The Morgan fingerprint density at radius 3 is 2.71 bits per heavy atom. The fourth-order valence-corrected chi connectivity index (χ4v) is 4.20. The van der Waals surface area contributed by atoms with E-state index in [1.165, 1.54) is 0 Å². The first-order valence-electron chi connectivity index (χ1n) is 10.5. The third-order valence-corrected chi connectivity index (χ3v) is 5.86. The summed E-state index contributed by atoms with van der Waals surface area (Å²) in [5.41, 5.74) is 3.88. The van der Waals surface area contributed by atoms with E-state index in [1.807, 2.05) is 49.5 Å². The number of rotatable bonds is 4. The van der Waals surface area contributed by atoms with Crippen molar-refractivity contribution in [3.05, 3.63) is 67.1 Å². The van der Waals surface area contributed by atoms with Gasteiger partial charge >= 0.3 is 0 Å². The molecule has 3 heterocycles. The summed E-state index contributed by atoms with van der Waals surface area (Å²) in [6, 6.07) is 16.0. The first-order chi connectivity index (χ1) is 15.2. The molecule has 0 spiro atoms. The van der Waals surface area contributed by atoms with Crippen LogP contribution in [0.2, 0.25) is 0 Å². The molecule has 1 aliphatic heterocycles. The molecule has 5 rings (SSSR count). The number of aromatic nitrogens is 4. The minimum Gasteiger partial charge on any atom is -0.355 e. The standard InChI is InChI=1S/C24H24N6O/c1-29-21-7-3-2-6-20(21)28-23(29)17-8-10-19(11-9-17)27-24(31)18-5-4-14-30(16-18)22-15-25-12-13-26-22/h2-3,6-13,15,18H,4-5,14,16H2,1H3,(H,27,31). The number of para-hydroxylation sites is 2. The summed E-state index contributed by atoms with van der Waals surface area (Å²) in [6.07, 6.45) is 6.93. The molecule has 1 unspecified atom stereocenters. The summed E-state index contributed by atoms with van der Waals surface area (Å²) in [5.74, 6) is 1.71. The molecule has 1 N–H and O–H groups in total. The van der Waals surface area contributed by atoms with Gasteiger partial charge in [0.05, 0.1) is 23.1 Å². The van der Waals surface area contributed by atoms with Crippen LogP contribution in [0.4, 0.5) is 11.5 Å². The number of hydrogen-bond acceptors (Lipinski definition) is 5. The van der Waals surface area contributed by atoms with Crippen molar-refractivity contribution in [1.82, 2.24) is 19.5 Å². The van der Waals surface area contributed by atoms with Crippen molar-refractivity contribution in [3.63, 3.8) is 0 Å². The van der Waals surface area contributed by atoms with Gasteiger partial charge in [-0.15, -0.1) is 0 Å². The molecule has 7 heteroatoms. The van der Waals surface area contributed by atoms with Gasteiger partial charge in [0.25, 0.3) is 0 Å². The summed E-state index contributed by atoms with van der Waals surface area (Å²) < 4.78 is 2.09. The van der Waals surface area contributed by atoms with Gasteiger partial charge in [0.2, 0.25) is 5.91 Å². The molecule has 1 fully saturated rings. The van der Waals surface area contributed by atoms with Crippen LogP contribution in [0.1, 0.15) is 12.8 Å². The minimum absolute atomic E-state index is 0.0454. The van der Waals surface area contributed by atoms with Crippen molar-refractivity contribution in [1.29, 1.82) is 0 Å². The van der Waals surface area contributed by atoms with Crippen molar-refractivity contribution in [2.45, 2.75) is 12.8 Å². The predicted octanol–water partition coefficient (Wildman–Crippen LogP) is 3.89. The van der Waals surface area contributed by atoms with Crippen LogP contribution >= 0.6 is 0 Å². The maximum absolute atomic E-state index is 12.9. The molecule has 31 heavy (non-hydrogen) atoms. The Balaban J connectivity index is 1.28. The summed E-state index contributed by atoms with van der Waals surface area (Å²) >= 11 is 0. The number of fused-ring (bicyclic) bond motifs is 1. The van der Waals surface area contributed by atoms with Crippen LogP contribution in [0, 0.1) is 5.92 Å². The van der Waals surface area contributed by atoms with Gasteiger partial charge in [-0.2, -0.15) is 0 Å². The monoisotopic (exact) mass is 412 g/mol. The van der Waals surface area contributed by atoms with Gasteiger partial charge in [-0.05, 0) is 49.2 Å². The average molecular weight is 412 g/mol. The largest absolute Gasteiger partial charge is 0.355 e. The highest BCUT2D eigenvalue weighted by atomic mass is 16.1. The van der Waals surface area contributed by atoms with Gasteiger partial charge in [0.15, 0.2) is 0 Å². The van der Waals surface area contributed by atoms with E-state index in [4.69, 9.17) is 4.98 Å². The first kappa shape index (κ1) is 19.2. The molecular formula is C24H24N6O. The number of amides is 1. The quantitative estimate of drug-likeness (QED) is 0.550. The predicted molar refractivity (Wildman–Crippen MR) is 122 cm³/mol. The van der Waals surface area contributed by atoms with Gasteiger partial charge in [0.1, 0.15) is 11.6 Å². The molecule has 0 bridgehead atoms. The number of hydrogen-bond donors (Lipinski definition) is 1. The van der Waals surface area contributed by atoms with Crippen LogP contribution in [-0.2, 0) is 11.8 Å². The molecule has 1 saturated heterocycles. The molecule has 4 aromatic rings. The molecule has 0 saturated carbocycles. The van der Waals surface area contributed by atoms with Crippen molar-refractivity contribution in [2.75, 3.05) is 23.3 Å². The number of imidazole rings is 1. The molecule has 2 aromatic carbocycles. The second kappa shape index (κ2) is 8.18. The molecule has 0 aliphatic carbocycles. The number of benzene rings is 2. The Bertz CT molecular complexity index is 1200. The molecule has 1 aliphatic rings. The average Bonchev–Trinajstić information content (AvgIpc) is 3.17. The van der Waals surface area contributed by atoms with E-state index in [0.717, 1.165) is 53.3 Å². The summed E-state index contributed by atoms with van der Waals surface area (Å²) in [5, 5.41) is 3.07. The normalized spacial score (nSPS) is 16.4. The lowest BCUT2D eigenvalue weighted by Crippen LogP contribution is -2.41. The maximum Gasteiger partial charge on any atom is 0.229 e. The summed E-state index contributed by atoms with van der Waals surface area (Å²) in [4.78, 5) is 28.3. The van der Waals surface area contributed by atoms with Gasteiger partial charge in [-0.25, -0.2) is 9.97 Å². The van der Waals surface area contributed by atoms with Crippen LogP contribution in [0.3, 0.4) is 0 Å². The Labute approximate surface area is 180 Å². The zero-order chi connectivity index (χ0) is 21.2. The van der Waals surface area contributed by atoms with Crippen LogP contribution < -0.4 is 10.2 Å². The van der Waals surface area contributed by atoms with E-state index in [9.17, 15) is 4.79 Å². The van der Waals surface area contributed by atoms with Crippen molar-refractivity contribution >= 4 is 28.4 Å². The van der Waals surface area contributed by atoms with Crippen LogP contribution in [0.25, 0.3) is 22.4 Å². The van der Waals surface area contributed by atoms with Crippen LogP contribution in [0.5, 0.6) is 0 Å². The Morgan fingerprint density at radius 2 is 1.94 bits per heavy atom.